The SMILES string of the molecule is CC(C)CC(C)C(C)Br. The third-order valence-electron chi connectivity index (χ3n) is 1.63. The molecule has 0 saturated heterocycles. The number of halogens is 1. The second-order valence-corrected chi connectivity index (χ2v) is 4.73. The molecule has 2 unspecified atom stereocenters. The second kappa shape index (κ2) is 4.32. The zero-order chi connectivity index (χ0) is 7.44. The molecule has 0 saturated carbocycles. The Labute approximate surface area is 67.2 Å². The van der Waals surface area contributed by atoms with Crippen LogP contribution >= 0.6 is 15.9 Å². The minimum atomic E-state index is 0.667. The van der Waals surface area contributed by atoms with Crippen molar-refractivity contribution in [3.8, 4) is 0 Å². The Balaban J connectivity index is 3.38. The van der Waals surface area contributed by atoms with Gasteiger partial charge in [0.25, 0.3) is 0 Å². The highest BCUT2D eigenvalue weighted by Gasteiger charge is 2.09. The molecule has 0 bridgehead atoms. The molecule has 0 aliphatic heterocycles. The van der Waals surface area contributed by atoms with Gasteiger partial charge < -0.3 is 0 Å². The molecule has 0 nitrogen and oxygen atoms in total. The molecule has 0 spiro atoms. The highest BCUT2D eigenvalue weighted by Crippen LogP contribution is 2.19. The fraction of sp³-hybridized carbons (Fsp3) is 1.00. The fourth-order valence-electron chi connectivity index (χ4n) is 0.931. The van der Waals surface area contributed by atoms with Crippen LogP contribution in [0, 0.1) is 11.8 Å². The first-order valence-corrected chi connectivity index (χ1v) is 4.59. The van der Waals surface area contributed by atoms with Gasteiger partial charge in [-0.25, -0.2) is 0 Å². The molecule has 1 heteroatoms. The third-order valence-corrected chi connectivity index (χ3v) is 2.53. The van der Waals surface area contributed by atoms with Crippen molar-refractivity contribution >= 4 is 15.9 Å². The Morgan fingerprint density at radius 1 is 1.11 bits per heavy atom. The normalized spacial score (nSPS) is 18.0. The van der Waals surface area contributed by atoms with Crippen LogP contribution in [-0.4, -0.2) is 4.83 Å². The van der Waals surface area contributed by atoms with Crippen LogP contribution in [0.25, 0.3) is 0 Å². The maximum Gasteiger partial charge on any atom is 0.0143 e. The summed E-state index contributed by atoms with van der Waals surface area (Å²) in [5, 5.41) is 0. The van der Waals surface area contributed by atoms with Crippen molar-refractivity contribution in [1.29, 1.82) is 0 Å². The molecule has 0 aromatic carbocycles. The first-order valence-electron chi connectivity index (χ1n) is 3.68. The van der Waals surface area contributed by atoms with E-state index in [9.17, 15) is 0 Å². The minimum absolute atomic E-state index is 0.667. The Morgan fingerprint density at radius 2 is 1.56 bits per heavy atom. The summed E-state index contributed by atoms with van der Waals surface area (Å²) in [4.78, 5) is 0.667. The minimum Gasteiger partial charge on any atom is -0.0891 e. The quantitative estimate of drug-likeness (QED) is 0.602. The smallest absolute Gasteiger partial charge is 0.0143 e. The molecule has 56 valence electrons. The topological polar surface area (TPSA) is 0 Å². The Kier molecular flexibility index (Phi) is 4.55. The molecule has 0 aliphatic rings. The maximum atomic E-state index is 3.57. The van der Waals surface area contributed by atoms with Crippen LogP contribution in [-0.2, 0) is 0 Å². The summed E-state index contributed by atoms with van der Waals surface area (Å²) in [6, 6.07) is 0. The standard InChI is InChI=1S/C8H17Br/c1-6(2)5-7(3)8(4)9/h6-8H,5H2,1-4H3. The predicted molar refractivity (Wildman–Crippen MR) is 47.0 cm³/mol. The molecule has 0 amide bonds. The summed E-state index contributed by atoms with van der Waals surface area (Å²) >= 11 is 3.57. The lowest BCUT2D eigenvalue weighted by Crippen LogP contribution is -2.08. The average Bonchev–Trinajstić information content (AvgIpc) is 1.63. The second-order valence-electron chi connectivity index (χ2n) is 3.28. The van der Waals surface area contributed by atoms with Gasteiger partial charge >= 0.3 is 0 Å². The largest absolute Gasteiger partial charge is 0.0891 e. The number of hydrogen-bond donors (Lipinski definition) is 0. The molecule has 2 atom stereocenters. The van der Waals surface area contributed by atoms with Crippen LogP contribution in [0.15, 0.2) is 0 Å². The monoisotopic (exact) mass is 192 g/mol. The lowest BCUT2D eigenvalue weighted by atomic mass is 9.97. The Bertz CT molecular complexity index is 67.0. The summed E-state index contributed by atoms with van der Waals surface area (Å²) < 4.78 is 0. The number of alkyl halides is 1. The van der Waals surface area contributed by atoms with Gasteiger partial charge in [0.05, 0.1) is 0 Å². The Hall–Kier alpha value is 0.480. The summed E-state index contributed by atoms with van der Waals surface area (Å²) in [7, 11) is 0. The Morgan fingerprint density at radius 3 is 1.67 bits per heavy atom. The number of rotatable bonds is 3. The summed E-state index contributed by atoms with van der Waals surface area (Å²) in [6.45, 7) is 9.05. The van der Waals surface area contributed by atoms with Gasteiger partial charge in [0.15, 0.2) is 0 Å². The molecule has 0 radical (unpaired) electrons. The lowest BCUT2D eigenvalue weighted by molar-refractivity contribution is 0.440. The van der Waals surface area contributed by atoms with E-state index >= 15 is 0 Å². The van der Waals surface area contributed by atoms with E-state index < -0.39 is 0 Å². The molecule has 0 fully saturated rings. The highest BCUT2D eigenvalue weighted by molar-refractivity contribution is 9.09. The fourth-order valence-corrected chi connectivity index (χ4v) is 1.15. The lowest BCUT2D eigenvalue weighted by Gasteiger charge is -2.15. The molecule has 0 aromatic rings. The van der Waals surface area contributed by atoms with Crippen LogP contribution in [0.1, 0.15) is 34.1 Å². The van der Waals surface area contributed by atoms with Gasteiger partial charge in [0.1, 0.15) is 0 Å². The van der Waals surface area contributed by atoms with Gasteiger partial charge in [-0.05, 0) is 18.3 Å². The van der Waals surface area contributed by atoms with E-state index in [4.69, 9.17) is 0 Å². The molecule has 0 aromatic heterocycles. The van der Waals surface area contributed by atoms with Gasteiger partial charge in [0.2, 0.25) is 0 Å². The zero-order valence-corrected chi connectivity index (χ0v) is 8.40. The summed E-state index contributed by atoms with van der Waals surface area (Å²) in [5.41, 5.74) is 0. The van der Waals surface area contributed by atoms with Gasteiger partial charge in [-0.1, -0.05) is 43.6 Å². The molecule has 0 heterocycles. The highest BCUT2D eigenvalue weighted by atomic mass is 79.9. The average molecular weight is 193 g/mol. The number of hydrogen-bond acceptors (Lipinski definition) is 0. The van der Waals surface area contributed by atoms with Gasteiger partial charge in [-0.15, -0.1) is 0 Å². The van der Waals surface area contributed by atoms with E-state index in [0.29, 0.717) is 4.83 Å². The summed E-state index contributed by atoms with van der Waals surface area (Å²) in [6.07, 6.45) is 1.33. The van der Waals surface area contributed by atoms with Crippen LogP contribution in [0.2, 0.25) is 0 Å². The molecular weight excluding hydrogens is 176 g/mol. The van der Waals surface area contributed by atoms with E-state index in [1.54, 1.807) is 0 Å². The zero-order valence-electron chi connectivity index (χ0n) is 6.82. The first-order chi connectivity index (χ1) is 4.04. The molecule has 0 rings (SSSR count). The van der Waals surface area contributed by atoms with Crippen molar-refractivity contribution in [2.45, 2.75) is 38.9 Å². The maximum absolute atomic E-state index is 3.57. The van der Waals surface area contributed by atoms with Crippen molar-refractivity contribution in [2.24, 2.45) is 11.8 Å². The molecular formula is C8H17Br. The first kappa shape index (κ1) is 9.48. The molecule has 9 heavy (non-hydrogen) atoms. The van der Waals surface area contributed by atoms with Crippen molar-refractivity contribution in [3.63, 3.8) is 0 Å². The van der Waals surface area contributed by atoms with Gasteiger partial charge in [-0.3, -0.25) is 0 Å². The van der Waals surface area contributed by atoms with Crippen molar-refractivity contribution < 1.29 is 0 Å². The molecule has 0 aliphatic carbocycles. The van der Waals surface area contributed by atoms with E-state index in [1.807, 2.05) is 0 Å². The molecule has 0 N–H and O–H groups in total. The van der Waals surface area contributed by atoms with Crippen LogP contribution in [0.3, 0.4) is 0 Å². The van der Waals surface area contributed by atoms with Crippen molar-refractivity contribution in [3.05, 3.63) is 0 Å². The van der Waals surface area contributed by atoms with Crippen LogP contribution in [0.4, 0.5) is 0 Å². The third kappa shape index (κ3) is 4.95. The van der Waals surface area contributed by atoms with Crippen LogP contribution in [0.5, 0.6) is 0 Å². The summed E-state index contributed by atoms with van der Waals surface area (Å²) in [5.74, 6) is 1.64. The van der Waals surface area contributed by atoms with E-state index in [1.165, 1.54) is 6.42 Å². The predicted octanol–water partition coefficient (Wildman–Crippen LogP) is 3.45. The van der Waals surface area contributed by atoms with E-state index in [0.717, 1.165) is 11.8 Å². The van der Waals surface area contributed by atoms with Crippen molar-refractivity contribution in [1.82, 2.24) is 0 Å². The van der Waals surface area contributed by atoms with Crippen LogP contribution < -0.4 is 0 Å². The van der Waals surface area contributed by atoms with E-state index in [2.05, 4.69) is 43.6 Å². The van der Waals surface area contributed by atoms with Gasteiger partial charge in [0, 0.05) is 4.83 Å². The van der Waals surface area contributed by atoms with Crippen molar-refractivity contribution in [2.75, 3.05) is 0 Å². The van der Waals surface area contributed by atoms with Gasteiger partial charge in [-0.2, -0.15) is 0 Å². The van der Waals surface area contributed by atoms with E-state index in [-0.39, 0.29) is 0 Å².